The van der Waals surface area contributed by atoms with Gasteiger partial charge in [0.2, 0.25) is 0 Å². The first kappa shape index (κ1) is 14.8. The van der Waals surface area contributed by atoms with Crippen molar-refractivity contribution in [2.24, 2.45) is 0 Å². The first-order chi connectivity index (χ1) is 10.7. The normalized spacial score (nSPS) is 21.3. The second kappa shape index (κ2) is 6.79. The second-order valence-electron chi connectivity index (χ2n) is 5.23. The van der Waals surface area contributed by atoms with Gasteiger partial charge < -0.3 is 14.5 Å². The number of rotatable bonds is 4. The predicted molar refractivity (Wildman–Crippen MR) is 79.9 cm³/mol. The summed E-state index contributed by atoms with van der Waals surface area (Å²) in [5.74, 6) is 0.170. The summed E-state index contributed by atoms with van der Waals surface area (Å²) < 4.78 is 10.8. The van der Waals surface area contributed by atoms with E-state index in [0.717, 1.165) is 25.7 Å². The van der Waals surface area contributed by atoms with Gasteiger partial charge in [0.05, 0.1) is 23.7 Å². The highest BCUT2D eigenvalue weighted by molar-refractivity contribution is 6.30. The number of furan rings is 1. The van der Waals surface area contributed by atoms with Gasteiger partial charge in [-0.3, -0.25) is 4.79 Å². The third kappa shape index (κ3) is 3.76. The fraction of sp³-hybridized carbons (Fsp3) is 0.400. The van der Waals surface area contributed by atoms with Crippen LogP contribution in [0.3, 0.4) is 0 Å². The van der Waals surface area contributed by atoms with E-state index in [0.29, 0.717) is 16.8 Å². The summed E-state index contributed by atoms with van der Waals surface area (Å²) in [7, 11) is 0. The van der Waals surface area contributed by atoms with E-state index < -0.39 is 0 Å². The zero-order valence-corrected chi connectivity index (χ0v) is 12.6. The molecule has 116 valence electrons. The Balaban J connectivity index is 1.46. The molecule has 0 saturated heterocycles. The van der Waals surface area contributed by atoms with Crippen LogP contribution in [0.15, 0.2) is 35.2 Å². The Labute approximate surface area is 132 Å². The average molecular weight is 322 g/mol. The van der Waals surface area contributed by atoms with Gasteiger partial charge in [-0.05, 0) is 37.8 Å². The van der Waals surface area contributed by atoms with Crippen molar-refractivity contribution >= 4 is 17.5 Å². The number of aromatic nitrogens is 2. The zero-order valence-electron chi connectivity index (χ0n) is 11.9. The van der Waals surface area contributed by atoms with E-state index in [1.807, 2.05) is 0 Å². The fourth-order valence-electron chi connectivity index (χ4n) is 2.50. The molecule has 22 heavy (non-hydrogen) atoms. The van der Waals surface area contributed by atoms with Crippen molar-refractivity contribution in [3.05, 3.63) is 41.6 Å². The molecule has 1 aliphatic carbocycles. The summed E-state index contributed by atoms with van der Waals surface area (Å²) in [6.07, 6.45) is 7.97. The quantitative estimate of drug-likeness (QED) is 0.937. The van der Waals surface area contributed by atoms with E-state index in [2.05, 4.69) is 15.3 Å². The number of amides is 1. The van der Waals surface area contributed by atoms with Gasteiger partial charge in [-0.2, -0.15) is 0 Å². The molecule has 1 saturated carbocycles. The van der Waals surface area contributed by atoms with Gasteiger partial charge in [0, 0.05) is 6.04 Å². The molecule has 1 N–H and O–H groups in total. The van der Waals surface area contributed by atoms with E-state index in [1.54, 1.807) is 12.1 Å². The Morgan fingerprint density at radius 3 is 2.64 bits per heavy atom. The lowest BCUT2D eigenvalue weighted by Crippen LogP contribution is -2.39. The summed E-state index contributed by atoms with van der Waals surface area (Å²) in [6, 6.07) is 3.84. The summed E-state index contributed by atoms with van der Waals surface area (Å²) in [5, 5.41) is 3.46. The maximum Gasteiger partial charge on any atom is 0.316 e. The summed E-state index contributed by atoms with van der Waals surface area (Å²) in [6.45, 7) is 0. The Morgan fingerprint density at radius 2 is 2.00 bits per heavy atom. The molecule has 0 atom stereocenters. The molecule has 2 aromatic rings. The molecular formula is C15H16ClN3O3. The second-order valence-corrected chi connectivity index (χ2v) is 5.66. The van der Waals surface area contributed by atoms with Crippen molar-refractivity contribution in [2.45, 2.75) is 37.8 Å². The lowest BCUT2D eigenvalue weighted by molar-refractivity contribution is 0.0859. The average Bonchev–Trinajstić information content (AvgIpc) is 3.06. The molecule has 0 bridgehead atoms. The fourth-order valence-corrected chi connectivity index (χ4v) is 2.60. The molecule has 0 unspecified atom stereocenters. The summed E-state index contributed by atoms with van der Waals surface area (Å²) in [5.41, 5.74) is 0. The summed E-state index contributed by atoms with van der Waals surface area (Å²) in [4.78, 5) is 20.0. The largest absolute Gasteiger partial charge is 0.460 e. The molecule has 6 nitrogen and oxygen atoms in total. The minimum absolute atomic E-state index is 0.0675. The summed E-state index contributed by atoms with van der Waals surface area (Å²) >= 11 is 5.74. The van der Waals surface area contributed by atoms with E-state index >= 15 is 0 Å². The van der Waals surface area contributed by atoms with E-state index in [-0.39, 0.29) is 18.1 Å². The molecule has 7 heteroatoms. The standard InChI is InChI=1S/C15H16ClN3O3/c16-10-8-17-15(18-9-10)22-12-5-3-11(4-6-12)19-14(20)13-2-1-7-21-13/h1-2,7-9,11-12H,3-6H2,(H,19,20). The topological polar surface area (TPSA) is 77.2 Å². The molecule has 1 amide bonds. The Morgan fingerprint density at radius 1 is 1.27 bits per heavy atom. The first-order valence-corrected chi connectivity index (χ1v) is 7.57. The van der Waals surface area contributed by atoms with Crippen molar-refractivity contribution < 1.29 is 13.9 Å². The monoisotopic (exact) mass is 321 g/mol. The lowest BCUT2D eigenvalue weighted by Gasteiger charge is -2.28. The highest BCUT2D eigenvalue weighted by atomic mass is 35.5. The Kier molecular flexibility index (Phi) is 4.58. The molecular weight excluding hydrogens is 306 g/mol. The molecule has 2 aromatic heterocycles. The van der Waals surface area contributed by atoms with Crippen molar-refractivity contribution in [3.63, 3.8) is 0 Å². The molecule has 3 rings (SSSR count). The van der Waals surface area contributed by atoms with Crippen LogP contribution in [0.1, 0.15) is 36.2 Å². The van der Waals surface area contributed by atoms with Crippen molar-refractivity contribution in [2.75, 3.05) is 0 Å². The maximum absolute atomic E-state index is 11.9. The van der Waals surface area contributed by atoms with Crippen molar-refractivity contribution in [1.82, 2.24) is 15.3 Å². The van der Waals surface area contributed by atoms with Gasteiger partial charge in [0.1, 0.15) is 6.10 Å². The van der Waals surface area contributed by atoms with Gasteiger partial charge in [-0.25, -0.2) is 9.97 Å². The molecule has 0 spiro atoms. The smallest absolute Gasteiger partial charge is 0.316 e. The van der Waals surface area contributed by atoms with Crippen LogP contribution in [0.5, 0.6) is 6.01 Å². The molecule has 1 fully saturated rings. The van der Waals surface area contributed by atoms with Gasteiger partial charge in [0.25, 0.3) is 5.91 Å². The van der Waals surface area contributed by atoms with E-state index in [9.17, 15) is 4.79 Å². The van der Waals surface area contributed by atoms with Crippen LogP contribution in [-0.2, 0) is 0 Å². The number of nitrogens with zero attached hydrogens (tertiary/aromatic N) is 2. The SMILES string of the molecule is O=C(NC1CCC(Oc2ncc(Cl)cn2)CC1)c1ccco1. The predicted octanol–water partition coefficient (Wildman–Crippen LogP) is 2.84. The number of hydrogen-bond donors (Lipinski definition) is 1. The molecule has 1 aliphatic rings. The van der Waals surface area contributed by atoms with Crippen molar-refractivity contribution in [1.29, 1.82) is 0 Å². The Bertz CT molecular complexity index is 607. The minimum atomic E-state index is -0.171. The van der Waals surface area contributed by atoms with Crippen LogP contribution in [0, 0.1) is 0 Å². The molecule has 0 aliphatic heterocycles. The molecule has 0 radical (unpaired) electrons. The number of carbonyl (C=O) groups is 1. The van der Waals surface area contributed by atoms with Gasteiger partial charge >= 0.3 is 6.01 Å². The Hall–Kier alpha value is -2.08. The number of nitrogens with one attached hydrogen (secondary N) is 1. The number of hydrogen-bond acceptors (Lipinski definition) is 5. The molecule has 2 heterocycles. The van der Waals surface area contributed by atoms with E-state index in [4.69, 9.17) is 20.8 Å². The van der Waals surface area contributed by atoms with Crippen LogP contribution in [0.25, 0.3) is 0 Å². The van der Waals surface area contributed by atoms with Crippen LogP contribution >= 0.6 is 11.6 Å². The van der Waals surface area contributed by atoms with Crippen molar-refractivity contribution in [3.8, 4) is 6.01 Å². The van der Waals surface area contributed by atoms with Gasteiger partial charge in [-0.15, -0.1) is 0 Å². The first-order valence-electron chi connectivity index (χ1n) is 7.19. The van der Waals surface area contributed by atoms with Crippen LogP contribution < -0.4 is 10.1 Å². The minimum Gasteiger partial charge on any atom is -0.460 e. The third-order valence-electron chi connectivity index (χ3n) is 3.62. The van der Waals surface area contributed by atoms with Gasteiger partial charge in [-0.1, -0.05) is 11.6 Å². The highest BCUT2D eigenvalue weighted by Crippen LogP contribution is 2.22. The number of carbonyl (C=O) groups excluding carboxylic acids is 1. The third-order valence-corrected chi connectivity index (χ3v) is 3.82. The number of ether oxygens (including phenoxy) is 1. The van der Waals surface area contributed by atoms with Crippen LogP contribution in [0.2, 0.25) is 5.02 Å². The lowest BCUT2D eigenvalue weighted by atomic mass is 9.93. The highest BCUT2D eigenvalue weighted by Gasteiger charge is 2.25. The van der Waals surface area contributed by atoms with E-state index in [1.165, 1.54) is 18.7 Å². The zero-order chi connectivity index (χ0) is 15.4. The number of halogens is 1. The van der Waals surface area contributed by atoms with Gasteiger partial charge in [0.15, 0.2) is 5.76 Å². The molecule has 0 aromatic carbocycles. The maximum atomic E-state index is 11.9. The van der Waals surface area contributed by atoms with Crippen LogP contribution in [-0.4, -0.2) is 28.0 Å². The van der Waals surface area contributed by atoms with Crippen LogP contribution in [0.4, 0.5) is 0 Å².